The Morgan fingerprint density at radius 2 is 1.62 bits per heavy atom. The van der Waals surface area contributed by atoms with Crippen LogP contribution in [-0.2, 0) is 4.79 Å². The molecule has 0 radical (unpaired) electrons. The minimum Gasteiger partial charge on any atom is -0.494 e. The molecular formula is C25H22ClN3O5. The van der Waals surface area contributed by atoms with Gasteiger partial charge in [-0.2, -0.15) is 5.10 Å². The number of carbonyl (C=O) groups excluding carboxylic acids is 3. The molecule has 0 unspecified atom stereocenters. The average Bonchev–Trinajstić information content (AvgIpc) is 2.84. The molecule has 0 aliphatic heterocycles. The second kappa shape index (κ2) is 12.2. The lowest BCUT2D eigenvalue weighted by molar-refractivity contribution is -0.120. The van der Waals surface area contributed by atoms with E-state index < -0.39 is 11.9 Å². The summed E-state index contributed by atoms with van der Waals surface area (Å²) in [6.45, 7) is 2.17. The Hall–Kier alpha value is -4.17. The summed E-state index contributed by atoms with van der Waals surface area (Å²) in [5.41, 5.74) is 3.68. The highest BCUT2D eigenvalue weighted by atomic mass is 35.5. The maximum atomic E-state index is 12.2. The smallest absolute Gasteiger partial charge is 0.345 e. The fourth-order valence-corrected chi connectivity index (χ4v) is 2.97. The van der Waals surface area contributed by atoms with Crippen molar-refractivity contribution in [1.29, 1.82) is 0 Å². The number of hydrazone groups is 1. The molecule has 0 saturated carbocycles. The first-order valence-corrected chi connectivity index (χ1v) is 10.7. The Kier molecular flexibility index (Phi) is 8.76. The van der Waals surface area contributed by atoms with Crippen LogP contribution in [0.25, 0.3) is 0 Å². The third kappa shape index (κ3) is 7.18. The minimum absolute atomic E-state index is 0.236. The van der Waals surface area contributed by atoms with E-state index in [1.54, 1.807) is 72.8 Å². The van der Waals surface area contributed by atoms with E-state index in [1.165, 1.54) is 6.21 Å². The molecule has 0 heterocycles. The van der Waals surface area contributed by atoms with Gasteiger partial charge in [-0.05, 0) is 73.2 Å². The van der Waals surface area contributed by atoms with Crippen molar-refractivity contribution in [3.05, 3.63) is 94.5 Å². The predicted octanol–water partition coefficient (Wildman–Crippen LogP) is 3.84. The zero-order chi connectivity index (χ0) is 24.3. The highest BCUT2D eigenvalue weighted by Gasteiger charge is 2.12. The number of esters is 1. The Morgan fingerprint density at radius 1 is 0.941 bits per heavy atom. The Labute approximate surface area is 201 Å². The molecule has 3 aromatic carbocycles. The quantitative estimate of drug-likeness (QED) is 0.210. The minimum atomic E-state index is -0.563. The summed E-state index contributed by atoms with van der Waals surface area (Å²) >= 11 is 6.00. The van der Waals surface area contributed by atoms with Crippen LogP contribution in [0, 0.1) is 0 Å². The first kappa shape index (κ1) is 24.5. The van der Waals surface area contributed by atoms with E-state index in [0.29, 0.717) is 34.3 Å². The summed E-state index contributed by atoms with van der Waals surface area (Å²) in [4.78, 5) is 36.2. The average molecular weight is 480 g/mol. The van der Waals surface area contributed by atoms with Gasteiger partial charge in [0, 0.05) is 5.56 Å². The number of hydrogen-bond acceptors (Lipinski definition) is 6. The van der Waals surface area contributed by atoms with Gasteiger partial charge in [-0.1, -0.05) is 23.7 Å². The van der Waals surface area contributed by atoms with Crippen molar-refractivity contribution < 1.29 is 23.9 Å². The summed E-state index contributed by atoms with van der Waals surface area (Å²) in [6, 6.07) is 19.7. The van der Waals surface area contributed by atoms with E-state index in [2.05, 4.69) is 15.8 Å². The van der Waals surface area contributed by atoms with E-state index >= 15 is 0 Å². The molecule has 8 nitrogen and oxygen atoms in total. The number of halogens is 1. The van der Waals surface area contributed by atoms with E-state index in [1.807, 2.05) is 6.92 Å². The van der Waals surface area contributed by atoms with Gasteiger partial charge in [-0.15, -0.1) is 0 Å². The third-order valence-corrected chi connectivity index (χ3v) is 4.75. The lowest BCUT2D eigenvalue weighted by atomic mass is 10.2. The van der Waals surface area contributed by atoms with Crippen molar-refractivity contribution in [3.8, 4) is 11.5 Å². The summed E-state index contributed by atoms with van der Waals surface area (Å²) in [5.74, 6) is -0.433. The Morgan fingerprint density at radius 3 is 2.29 bits per heavy atom. The molecule has 0 saturated heterocycles. The molecule has 0 fully saturated rings. The lowest BCUT2D eigenvalue weighted by Gasteiger charge is -2.06. The standard InChI is InChI=1S/C25H22ClN3O5/c1-2-33-19-13-9-18(10-14-19)24(31)27-16-23(30)29-28-15-17-7-11-20(12-8-17)34-25(32)21-5-3-4-6-22(21)26/h3-15H,2,16H2,1H3,(H,27,31)(H,29,30)/b28-15+. The number of rotatable bonds is 9. The van der Waals surface area contributed by atoms with Gasteiger partial charge in [0.2, 0.25) is 0 Å². The second-order valence-corrected chi connectivity index (χ2v) is 7.28. The van der Waals surface area contributed by atoms with Crippen LogP contribution < -0.4 is 20.2 Å². The zero-order valence-electron chi connectivity index (χ0n) is 18.3. The van der Waals surface area contributed by atoms with Crippen molar-refractivity contribution in [2.24, 2.45) is 5.10 Å². The lowest BCUT2D eigenvalue weighted by Crippen LogP contribution is -2.34. The van der Waals surface area contributed by atoms with Crippen LogP contribution in [0.1, 0.15) is 33.2 Å². The SMILES string of the molecule is CCOc1ccc(C(=O)NCC(=O)N/N=C/c2ccc(OC(=O)c3ccccc3Cl)cc2)cc1. The van der Waals surface area contributed by atoms with Crippen LogP contribution in [0.4, 0.5) is 0 Å². The number of carbonyl (C=O) groups is 3. The number of nitrogens with zero attached hydrogens (tertiary/aromatic N) is 1. The molecule has 2 N–H and O–H groups in total. The first-order chi connectivity index (χ1) is 16.5. The van der Waals surface area contributed by atoms with Gasteiger partial charge in [0.15, 0.2) is 0 Å². The topological polar surface area (TPSA) is 106 Å². The maximum Gasteiger partial charge on any atom is 0.345 e. The normalized spacial score (nSPS) is 10.5. The number of benzene rings is 3. The molecule has 3 aromatic rings. The highest BCUT2D eigenvalue weighted by molar-refractivity contribution is 6.33. The van der Waals surface area contributed by atoms with Crippen LogP contribution >= 0.6 is 11.6 Å². The van der Waals surface area contributed by atoms with E-state index in [-0.39, 0.29) is 18.0 Å². The molecule has 0 atom stereocenters. The van der Waals surface area contributed by atoms with Gasteiger partial charge in [0.25, 0.3) is 11.8 Å². The van der Waals surface area contributed by atoms with Crippen molar-refractivity contribution in [1.82, 2.24) is 10.7 Å². The summed E-state index contributed by atoms with van der Waals surface area (Å²) < 4.78 is 10.6. The summed E-state index contributed by atoms with van der Waals surface area (Å²) in [5, 5.41) is 6.68. The number of ether oxygens (including phenoxy) is 2. The molecule has 2 amide bonds. The maximum absolute atomic E-state index is 12.2. The number of amides is 2. The zero-order valence-corrected chi connectivity index (χ0v) is 19.0. The van der Waals surface area contributed by atoms with Gasteiger partial charge in [0.05, 0.1) is 30.0 Å². The highest BCUT2D eigenvalue weighted by Crippen LogP contribution is 2.19. The molecule has 174 valence electrons. The van der Waals surface area contributed by atoms with Crippen molar-refractivity contribution >= 4 is 35.6 Å². The number of hydrogen-bond donors (Lipinski definition) is 2. The van der Waals surface area contributed by atoms with Gasteiger partial charge in [-0.3, -0.25) is 9.59 Å². The van der Waals surface area contributed by atoms with Gasteiger partial charge >= 0.3 is 5.97 Å². The molecule has 0 aliphatic rings. The van der Waals surface area contributed by atoms with Gasteiger partial charge < -0.3 is 14.8 Å². The van der Waals surface area contributed by atoms with Gasteiger partial charge in [0.1, 0.15) is 11.5 Å². The van der Waals surface area contributed by atoms with Crippen LogP contribution in [0.5, 0.6) is 11.5 Å². The molecular weight excluding hydrogens is 458 g/mol. The summed E-state index contributed by atoms with van der Waals surface area (Å²) in [6.07, 6.45) is 1.42. The van der Waals surface area contributed by atoms with Crippen molar-refractivity contribution in [2.75, 3.05) is 13.2 Å². The monoisotopic (exact) mass is 479 g/mol. The van der Waals surface area contributed by atoms with Crippen molar-refractivity contribution in [2.45, 2.75) is 6.92 Å². The molecule has 0 aliphatic carbocycles. The van der Waals surface area contributed by atoms with Crippen molar-refractivity contribution in [3.63, 3.8) is 0 Å². The Bertz CT molecular complexity index is 1180. The molecule has 0 bridgehead atoms. The fourth-order valence-electron chi connectivity index (χ4n) is 2.76. The van der Waals surface area contributed by atoms with Crippen LogP contribution in [0.3, 0.4) is 0 Å². The largest absolute Gasteiger partial charge is 0.494 e. The van der Waals surface area contributed by atoms with Crippen LogP contribution in [-0.4, -0.2) is 37.1 Å². The third-order valence-electron chi connectivity index (χ3n) is 4.42. The second-order valence-electron chi connectivity index (χ2n) is 6.87. The molecule has 34 heavy (non-hydrogen) atoms. The fraction of sp³-hybridized carbons (Fsp3) is 0.120. The van der Waals surface area contributed by atoms with Gasteiger partial charge in [-0.25, -0.2) is 10.2 Å². The Balaban J connectivity index is 1.44. The predicted molar refractivity (Wildman–Crippen MR) is 129 cm³/mol. The molecule has 9 heteroatoms. The molecule has 0 spiro atoms. The first-order valence-electron chi connectivity index (χ1n) is 10.4. The van der Waals surface area contributed by atoms with Crippen LogP contribution in [0.15, 0.2) is 77.9 Å². The summed E-state index contributed by atoms with van der Waals surface area (Å²) in [7, 11) is 0. The number of nitrogens with one attached hydrogen (secondary N) is 2. The van der Waals surface area contributed by atoms with E-state index in [4.69, 9.17) is 21.1 Å². The van der Waals surface area contributed by atoms with E-state index in [0.717, 1.165) is 0 Å². The van der Waals surface area contributed by atoms with Crippen LogP contribution in [0.2, 0.25) is 5.02 Å². The molecule has 3 rings (SSSR count). The molecule has 0 aromatic heterocycles. The van der Waals surface area contributed by atoms with E-state index in [9.17, 15) is 14.4 Å².